The van der Waals surface area contributed by atoms with E-state index in [0.29, 0.717) is 19.3 Å². The molecule has 0 bridgehead atoms. The molecular weight excluding hydrogens is 616 g/mol. The number of rotatable bonds is 20. The van der Waals surface area contributed by atoms with Crippen LogP contribution in [0.5, 0.6) is 0 Å². The molecule has 5 N–H and O–H groups in total. The predicted octanol–water partition coefficient (Wildman–Crippen LogP) is 2.16. The molecule has 0 aliphatic carbocycles. The minimum Gasteiger partial charge on any atom is -0.461 e. The summed E-state index contributed by atoms with van der Waals surface area (Å²) in [6, 6.07) is 11.0. The predicted molar refractivity (Wildman–Crippen MR) is 168 cm³/mol. The average molecular weight is 663 g/mol. The number of carbonyl (C=O) groups is 4. The number of esters is 4. The molecule has 0 aliphatic heterocycles. The number of aliphatic hydroxyl groups is 5. The van der Waals surface area contributed by atoms with E-state index < -0.39 is 46.7 Å². The molecule has 0 saturated heterocycles. The van der Waals surface area contributed by atoms with Gasteiger partial charge in [-0.25, -0.2) is 19.2 Å². The van der Waals surface area contributed by atoms with Gasteiger partial charge in [-0.1, -0.05) is 20.8 Å². The number of hydrogen-bond donors (Lipinski definition) is 5. The van der Waals surface area contributed by atoms with Gasteiger partial charge in [0.2, 0.25) is 0 Å². The number of benzene rings is 2. The molecule has 2 aromatic carbocycles. The largest absolute Gasteiger partial charge is 0.461 e. The Morgan fingerprint density at radius 1 is 0.426 bits per heavy atom. The van der Waals surface area contributed by atoms with Crippen molar-refractivity contribution in [1.29, 1.82) is 0 Å². The molecule has 0 saturated carbocycles. The van der Waals surface area contributed by atoms with E-state index in [1.165, 1.54) is 48.5 Å². The van der Waals surface area contributed by atoms with Crippen molar-refractivity contribution < 1.29 is 63.7 Å². The highest BCUT2D eigenvalue weighted by Gasteiger charge is 2.33. The van der Waals surface area contributed by atoms with Gasteiger partial charge in [-0.2, -0.15) is 0 Å². The first kappa shape index (κ1) is 39.3. The molecule has 13 heteroatoms. The van der Waals surface area contributed by atoms with Crippen LogP contribution in [0.2, 0.25) is 0 Å². The highest BCUT2D eigenvalue weighted by Crippen LogP contribution is 2.25. The second kappa shape index (κ2) is 18.5. The van der Waals surface area contributed by atoms with Gasteiger partial charge in [0.1, 0.15) is 26.4 Å². The molecule has 2 aromatic rings. The molecule has 0 heterocycles. The molecule has 0 unspecified atom stereocenters. The lowest BCUT2D eigenvalue weighted by atomic mass is 9.88. The first-order valence-electron chi connectivity index (χ1n) is 15.4. The number of ether oxygens (including phenoxy) is 4. The summed E-state index contributed by atoms with van der Waals surface area (Å²) in [4.78, 5) is 50.3. The van der Waals surface area contributed by atoms with E-state index in [1.54, 1.807) is 20.8 Å². The SMILES string of the molecule is CCC(CO)(CO)COC(=O)c1ccc(C(=O)OCC(CC)(CO)COC(=O)c2ccc(C(=O)OCC(CC)(CO)CO)cc2)cc1. The summed E-state index contributed by atoms with van der Waals surface area (Å²) in [5.74, 6) is -2.84. The number of hydrogen-bond acceptors (Lipinski definition) is 13. The van der Waals surface area contributed by atoms with E-state index in [9.17, 15) is 44.7 Å². The first-order valence-corrected chi connectivity index (χ1v) is 15.4. The zero-order valence-electron chi connectivity index (χ0n) is 27.1. The van der Waals surface area contributed by atoms with Crippen LogP contribution in [0.15, 0.2) is 48.5 Å². The summed E-state index contributed by atoms with van der Waals surface area (Å²) in [5, 5.41) is 48.2. The van der Waals surface area contributed by atoms with Crippen LogP contribution in [0.1, 0.15) is 81.5 Å². The molecule has 0 radical (unpaired) electrons. The Balaban J connectivity index is 1.95. The molecule has 0 aromatic heterocycles. The maximum Gasteiger partial charge on any atom is 0.338 e. The topological polar surface area (TPSA) is 206 Å². The second-order valence-electron chi connectivity index (χ2n) is 11.8. The monoisotopic (exact) mass is 662 g/mol. The highest BCUT2D eigenvalue weighted by atomic mass is 16.6. The van der Waals surface area contributed by atoms with Crippen LogP contribution in [-0.4, -0.2) is 109 Å². The van der Waals surface area contributed by atoms with Gasteiger partial charge in [-0.05, 0) is 67.8 Å². The summed E-state index contributed by atoms with van der Waals surface area (Å²) in [6.07, 6.45) is 1.09. The van der Waals surface area contributed by atoms with Gasteiger partial charge in [-0.3, -0.25) is 0 Å². The van der Waals surface area contributed by atoms with Gasteiger partial charge in [0.05, 0.1) is 71.5 Å². The normalized spacial score (nSPS) is 11.9. The fraction of sp³-hybridized carbons (Fsp3) is 0.529. The van der Waals surface area contributed by atoms with Crippen molar-refractivity contribution in [1.82, 2.24) is 0 Å². The van der Waals surface area contributed by atoms with Crippen molar-refractivity contribution in [3.63, 3.8) is 0 Å². The Bertz CT molecular complexity index is 1180. The molecule has 2 rings (SSSR count). The van der Waals surface area contributed by atoms with E-state index >= 15 is 0 Å². The van der Waals surface area contributed by atoms with Crippen molar-refractivity contribution in [2.45, 2.75) is 40.0 Å². The van der Waals surface area contributed by atoms with E-state index in [1.807, 2.05) is 0 Å². The van der Waals surface area contributed by atoms with Crippen molar-refractivity contribution in [3.05, 3.63) is 70.8 Å². The highest BCUT2D eigenvalue weighted by molar-refractivity contribution is 5.94. The van der Waals surface area contributed by atoms with Gasteiger partial charge >= 0.3 is 23.9 Å². The lowest BCUT2D eigenvalue weighted by molar-refractivity contribution is -0.0296. The zero-order chi connectivity index (χ0) is 35.1. The van der Waals surface area contributed by atoms with Gasteiger partial charge in [0.25, 0.3) is 0 Å². The Labute approximate surface area is 274 Å². The van der Waals surface area contributed by atoms with Crippen molar-refractivity contribution in [3.8, 4) is 0 Å². The molecule has 260 valence electrons. The fourth-order valence-electron chi connectivity index (χ4n) is 4.08. The lowest BCUT2D eigenvalue weighted by Crippen LogP contribution is -2.37. The Morgan fingerprint density at radius 2 is 0.617 bits per heavy atom. The van der Waals surface area contributed by atoms with Crippen LogP contribution in [0.4, 0.5) is 0 Å². The maximum absolute atomic E-state index is 12.7. The van der Waals surface area contributed by atoms with Crippen LogP contribution >= 0.6 is 0 Å². The summed E-state index contributed by atoms with van der Waals surface area (Å²) in [7, 11) is 0. The molecule has 0 aliphatic rings. The minimum absolute atomic E-state index is 0.127. The quantitative estimate of drug-likeness (QED) is 0.102. The Kier molecular flexibility index (Phi) is 15.4. The Morgan fingerprint density at radius 3 is 0.787 bits per heavy atom. The fourth-order valence-corrected chi connectivity index (χ4v) is 4.08. The van der Waals surface area contributed by atoms with Crippen LogP contribution in [0.3, 0.4) is 0 Å². The van der Waals surface area contributed by atoms with Crippen molar-refractivity contribution in [2.24, 2.45) is 16.2 Å². The summed E-state index contributed by atoms with van der Waals surface area (Å²) in [5.41, 5.74) is -2.44. The van der Waals surface area contributed by atoms with Gasteiger partial charge in [-0.15, -0.1) is 0 Å². The molecule has 0 fully saturated rings. The van der Waals surface area contributed by atoms with E-state index in [-0.39, 0.29) is 75.1 Å². The number of aliphatic hydroxyl groups excluding tert-OH is 5. The standard InChI is InChI=1S/C34H46O13/c1-4-32(15-35,16-36)20-44-28(40)24-7-11-26(12-8-24)30(42)46-22-34(6-3,19-39)23-47-31(43)27-13-9-25(10-14-27)29(41)45-21-33(5-2,17-37)18-38/h7-14,35-39H,4-6,15-23H2,1-3H3. The molecule has 47 heavy (non-hydrogen) atoms. The van der Waals surface area contributed by atoms with Gasteiger partial charge in [0.15, 0.2) is 0 Å². The minimum atomic E-state index is -1.10. The molecular formula is C34H46O13. The van der Waals surface area contributed by atoms with Crippen LogP contribution in [-0.2, 0) is 18.9 Å². The van der Waals surface area contributed by atoms with Crippen LogP contribution < -0.4 is 0 Å². The van der Waals surface area contributed by atoms with E-state index in [4.69, 9.17) is 18.9 Å². The Hall–Kier alpha value is -3.88. The molecule has 13 nitrogen and oxygen atoms in total. The first-order chi connectivity index (χ1) is 22.4. The molecule has 0 atom stereocenters. The van der Waals surface area contributed by atoms with Crippen LogP contribution in [0.25, 0.3) is 0 Å². The van der Waals surface area contributed by atoms with E-state index in [0.717, 1.165) is 0 Å². The molecule has 0 amide bonds. The smallest absolute Gasteiger partial charge is 0.338 e. The summed E-state index contributed by atoms with van der Waals surface area (Å²) >= 11 is 0. The van der Waals surface area contributed by atoms with Gasteiger partial charge < -0.3 is 44.5 Å². The van der Waals surface area contributed by atoms with E-state index in [2.05, 4.69) is 0 Å². The third-order valence-electron chi connectivity index (χ3n) is 8.68. The summed E-state index contributed by atoms with van der Waals surface area (Å²) < 4.78 is 21.3. The van der Waals surface area contributed by atoms with Gasteiger partial charge in [0, 0.05) is 0 Å². The lowest BCUT2D eigenvalue weighted by Gasteiger charge is -2.29. The maximum atomic E-state index is 12.7. The second-order valence-corrected chi connectivity index (χ2v) is 11.8. The van der Waals surface area contributed by atoms with Crippen molar-refractivity contribution >= 4 is 23.9 Å². The third kappa shape index (κ3) is 10.6. The van der Waals surface area contributed by atoms with Crippen LogP contribution in [0, 0.1) is 16.2 Å². The summed E-state index contributed by atoms with van der Waals surface area (Å²) in [6.45, 7) is 2.48. The zero-order valence-corrected chi connectivity index (χ0v) is 27.1. The number of carbonyl (C=O) groups excluding carboxylic acids is 4. The van der Waals surface area contributed by atoms with Crippen molar-refractivity contribution in [2.75, 3.05) is 59.5 Å². The average Bonchev–Trinajstić information content (AvgIpc) is 3.13. The third-order valence-corrected chi connectivity index (χ3v) is 8.68. The molecule has 0 spiro atoms.